The summed E-state index contributed by atoms with van der Waals surface area (Å²) in [5.74, 6) is -0.235. The third-order valence-corrected chi connectivity index (χ3v) is 5.94. The fraction of sp³-hybridized carbons (Fsp3) is 0.389. The highest BCUT2D eigenvalue weighted by Crippen LogP contribution is 2.28. The van der Waals surface area contributed by atoms with Gasteiger partial charge in [0.25, 0.3) is 0 Å². The van der Waals surface area contributed by atoms with Crippen LogP contribution in [0.25, 0.3) is 0 Å². The Morgan fingerprint density at radius 2 is 2.04 bits per heavy atom. The molecular weight excluding hydrogens is 372 g/mol. The van der Waals surface area contributed by atoms with Gasteiger partial charge in [-0.25, -0.2) is 4.98 Å². The average Bonchev–Trinajstić information content (AvgIpc) is 3.31. The minimum atomic E-state index is -0.284. The number of hydrogen-bond acceptors (Lipinski definition) is 5. The first-order valence-corrected chi connectivity index (χ1v) is 9.87. The first-order valence-electron chi connectivity index (χ1n) is 8.61. The van der Waals surface area contributed by atoms with Crippen molar-refractivity contribution in [3.63, 3.8) is 0 Å². The van der Waals surface area contributed by atoms with Gasteiger partial charge >= 0.3 is 0 Å². The number of carbonyl (C=O) groups excluding carboxylic acids is 2. The Hall–Kier alpha value is -2.12. The lowest BCUT2D eigenvalue weighted by Gasteiger charge is -2.35. The van der Waals surface area contributed by atoms with E-state index in [0.29, 0.717) is 24.7 Å². The number of nitrogens with zero attached hydrogens (tertiary/aromatic N) is 4. The van der Waals surface area contributed by atoms with Crippen LogP contribution in [0, 0.1) is 5.92 Å². The van der Waals surface area contributed by atoms with Crippen molar-refractivity contribution in [3.8, 4) is 0 Å². The van der Waals surface area contributed by atoms with Crippen LogP contribution in [-0.2, 0) is 9.59 Å². The first kappa shape index (κ1) is 17.3. The Bertz CT molecular complexity index is 805. The molecule has 1 aromatic carbocycles. The highest BCUT2D eigenvalue weighted by atomic mass is 35.5. The highest BCUT2D eigenvalue weighted by molar-refractivity contribution is 7.13. The molecule has 2 fully saturated rings. The summed E-state index contributed by atoms with van der Waals surface area (Å²) >= 11 is 7.64. The van der Waals surface area contributed by atoms with Crippen molar-refractivity contribution in [1.29, 1.82) is 0 Å². The second kappa shape index (κ2) is 7.25. The lowest BCUT2D eigenvalue weighted by molar-refractivity contribution is -0.136. The molecule has 6 nitrogen and oxygen atoms in total. The maximum Gasteiger partial charge on any atom is 0.228 e. The van der Waals surface area contributed by atoms with E-state index in [2.05, 4.69) is 9.88 Å². The van der Waals surface area contributed by atoms with Gasteiger partial charge in [-0.15, -0.1) is 11.3 Å². The van der Waals surface area contributed by atoms with Gasteiger partial charge in [0.1, 0.15) is 0 Å². The van der Waals surface area contributed by atoms with Crippen LogP contribution in [0.4, 0.5) is 10.8 Å². The van der Waals surface area contributed by atoms with Crippen LogP contribution in [0.3, 0.4) is 0 Å². The molecule has 136 valence electrons. The molecular formula is C18H19ClN4O2S. The molecule has 4 rings (SSSR count). The molecule has 0 aliphatic carbocycles. The zero-order chi connectivity index (χ0) is 18.1. The third-order valence-electron chi connectivity index (χ3n) is 4.88. The van der Waals surface area contributed by atoms with Gasteiger partial charge in [0.2, 0.25) is 11.8 Å². The molecule has 0 N–H and O–H groups in total. The van der Waals surface area contributed by atoms with Crippen LogP contribution < -0.4 is 9.80 Å². The summed E-state index contributed by atoms with van der Waals surface area (Å²) in [6.45, 7) is 3.31. The molecule has 26 heavy (non-hydrogen) atoms. The van der Waals surface area contributed by atoms with Gasteiger partial charge in [-0.2, -0.15) is 0 Å². The van der Waals surface area contributed by atoms with Crippen molar-refractivity contribution < 1.29 is 9.59 Å². The largest absolute Gasteiger partial charge is 0.345 e. The Labute approximate surface area is 161 Å². The summed E-state index contributed by atoms with van der Waals surface area (Å²) in [5.41, 5.74) is 0.756. The van der Waals surface area contributed by atoms with Crippen molar-refractivity contribution >= 4 is 45.6 Å². The van der Waals surface area contributed by atoms with Crippen LogP contribution in [0.15, 0.2) is 35.8 Å². The standard InChI is InChI=1S/C18H19ClN4O2S/c19-14-2-1-3-15(11-14)23-12-13(10-16(23)24)17(25)21-5-7-22(8-6-21)18-20-4-9-26-18/h1-4,9,11,13H,5-8,10,12H2. The van der Waals surface area contributed by atoms with Gasteiger partial charge in [0.05, 0.1) is 5.92 Å². The summed E-state index contributed by atoms with van der Waals surface area (Å²) in [4.78, 5) is 35.3. The van der Waals surface area contributed by atoms with E-state index in [9.17, 15) is 9.59 Å². The number of hydrogen-bond donors (Lipinski definition) is 0. The average molecular weight is 391 g/mol. The summed E-state index contributed by atoms with van der Waals surface area (Å²) in [6.07, 6.45) is 2.06. The molecule has 2 aliphatic heterocycles. The molecule has 1 unspecified atom stereocenters. The van der Waals surface area contributed by atoms with E-state index >= 15 is 0 Å². The molecule has 0 radical (unpaired) electrons. The quantitative estimate of drug-likeness (QED) is 0.808. The maximum absolute atomic E-state index is 12.9. The molecule has 8 heteroatoms. The molecule has 3 heterocycles. The summed E-state index contributed by atoms with van der Waals surface area (Å²) in [7, 11) is 0. The summed E-state index contributed by atoms with van der Waals surface area (Å²) in [5, 5.41) is 3.55. The smallest absolute Gasteiger partial charge is 0.228 e. The summed E-state index contributed by atoms with van der Waals surface area (Å²) < 4.78 is 0. The number of aromatic nitrogens is 1. The van der Waals surface area contributed by atoms with Gasteiger partial charge in [-0.1, -0.05) is 17.7 Å². The lowest BCUT2D eigenvalue weighted by Crippen LogP contribution is -2.50. The Morgan fingerprint density at radius 1 is 1.23 bits per heavy atom. The first-order chi connectivity index (χ1) is 12.6. The molecule has 0 bridgehead atoms. The number of thiazole rings is 1. The van der Waals surface area contributed by atoms with Crippen LogP contribution in [0.1, 0.15) is 6.42 Å². The minimum absolute atomic E-state index is 0.0213. The normalized spacial score (nSPS) is 20.7. The second-order valence-electron chi connectivity index (χ2n) is 6.51. The second-order valence-corrected chi connectivity index (χ2v) is 7.82. The number of rotatable bonds is 3. The van der Waals surface area contributed by atoms with Gasteiger partial charge < -0.3 is 14.7 Å². The van der Waals surface area contributed by atoms with Crippen molar-refractivity contribution in [1.82, 2.24) is 9.88 Å². The topological polar surface area (TPSA) is 56.8 Å². The maximum atomic E-state index is 12.9. The van der Waals surface area contributed by atoms with Crippen LogP contribution in [0.5, 0.6) is 0 Å². The number of amides is 2. The number of halogens is 1. The molecule has 2 aliphatic rings. The number of benzene rings is 1. The fourth-order valence-corrected chi connectivity index (χ4v) is 4.40. The van der Waals surface area contributed by atoms with Crippen molar-refractivity contribution in [3.05, 3.63) is 40.9 Å². The van der Waals surface area contributed by atoms with E-state index in [1.54, 1.807) is 34.6 Å². The van der Waals surface area contributed by atoms with Gasteiger partial charge in [0, 0.05) is 61.4 Å². The van der Waals surface area contributed by atoms with Crippen molar-refractivity contribution in [2.45, 2.75) is 6.42 Å². The van der Waals surface area contributed by atoms with E-state index in [0.717, 1.165) is 23.9 Å². The number of carbonyl (C=O) groups is 2. The molecule has 1 aromatic heterocycles. The van der Waals surface area contributed by atoms with Gasteiger partial charge in [0.15, 0.2) is 5.13 Å². The molecule has 2 aromatic rings. The van der Waals surface area contributed by atoms with Crippen LogP contribution in [-0.4, -0.2) is 54.4 Å². The predicted octanol–water partition coefficient (Wildman–Crippen LogP) is 2.50. The summed E-state index contributed by atoms with van der Waals surface area (Å²) in [6, 6.07) is 7.21. The van der Waals surface area contributed by atoms with E-state index in [1.807, 2.05) is 22.4 Å². The third kappa shape index (κ3) is 3.41. The number of anilines is 2. The van der Waals surface area contributed by atoms with E-state index in [-0.39, 0.29) is 24.2 Å². The zero-order valence-corrected chi connectivity index (χ0v) is 15.7. The molecule has 2 amide bonds. The van der Waals surface area contributed by atoms with Gasteiger partial charge in [-0.05, 0) is 18.2 Å². The van der Waals surface area contributed by atoms with Gasteiger partial charge in [-0.3, -0.25) is 9.59 Å². The van der Waals surface area contributed by atoms with Crippen LogP contribution >= 0.6 is 22.9 Å². The fourth-order valence-electron chi connectivity index (χ4n) is 3.51. The monoisotopic (exact) mass is 390 g/mol. The Kier molecular flexibility index (Phi) is 4.82. The lowest BCUT2D eigenvalue weighted by atomic mass is 10.1. The van der Waals surface area contributed by atoms with Crippen LogP contribution in [0.2, 0.25) is 5.02 Å². The van der Waals surface area contributed by atoms with Crippen molar-refractivity contribution in [2.75, 3.05) is 42.5 Å². The molecule has 1 atom stereocenters. The van der Waals surface area contributed by atoms with E-state index < -0.39 is 0 Å². The van der Waals surface area contributed by atoms with Crippen molar-refractivity contribution in [2.24, 2.45) is 5.92 Å². The van der Waals surface area contributed by atoms with E-state index in [1.165, 1.54) is 0 Å². The zero-order valence-electron chi connectivity index (χ0n) is 14.2. The van der Waals surface area contributed by atoms with E-state index in [4.69, 9.17) is 11.6 Å². The highest BCUT2D eigenvalue weighted by Gasteiger charge is 2.38. The SMILES string of the molecule is O=C(C1CC(=O)N(c2cccc(Cl)c2)C1)N1CCN(c2nccs2)CC1. The Balaban J connectivity index is 1.38. The Morgan fingerprint density at radius 3 is 2.73 bits per heavy atom. The number of piperazine rings is 1. The molecule has 2 saturated heterocycles. The predicted molar refractivity (Wildman–Crippen MR) is 103 cm³/mol. The molecule has 0 spiro atoms. The molecule has 0 saturated carbocycles. The minimum Gasteiger partial charge on any atom is -0.345 e.